The number of aromatic nitrogens is 3. The van der Waals surface area contributed by atoms with Gasteiger partial charge in [0, 0.05) is 6.54 Å². The molecule has 0 spiro atoms. The van der Waals surface area contributed by atoms with Gasteiger partial charge in [-0.25, -0.2) is 5.21 Å². The summed E-state index contributed by atoms with van der Waals surface area (Å²) >= 11 is 4.92. The van der Waals surface area contributed by atoms with Crippen LogP contribution in [0.1, 0.15) is 13.3 Å². The molecule has 0 aliphatic carbocycles. The van der Waals surface area contributed by atoms with E-state index in [4.69, 9.17) is 12.2 Å². The van der Waals surface area contributed by atoms with E-state index in [9.17, 15) is 0 Å². The molecule has 1 aromatic rings. The third-order valence-electron chi connectivity index (χ3n) is 1.07. The Morgan fingerprint density at radius 2 is 2.67 bits per heavy atom. The molecule has 0 radical (unpaired) electrons. The highest BCUT2D eigenvalue weighted by molar-refractivity contribution is 7.71. The van der Waals surface area contributed by atoms with Crippen LogP contribution in [0.2, 0.25) is 0 Å². The first-order valence-electron chi connectivity index (χ1n) is 2.95. The van der Waals surface area contributed by atoms with Crippen LogP contribution in [0.25, 0.3) is 0 Å². The fourth-order valence-corrected chi connectivity index (χ4v) is 0.841. The lowest BCUT2D eigenvalue weighted by molar-refractivity contribution is 0.573. The van der Waals surface area contributed by atoms with Crippen molar-refractivity contribution in [3.05, 3.63) is 10.8 Å². The topological polar surface area (TPSA) is 33.6 Å². The van der Waals surface area contributed by atoms with Gasteiger partial charge in [0.2, 0.25) is 0 Å². The van der Waals surface area contributed by atoms with Gasteiger partial charge in [0.25, 0.3) is 0 Å². The summed E-state index contributed by atoms with van der Waals surface area (Å²) in [5.74, 6) is 0. The minimum atomic E-state index is 0.775. The van der Waals surface area contributed by atoms with Crippen LogP contribution < -0.4 is 0 Å². The maximum atomic E-state index is 4.92. The van der Waals surface area contributed by atoms with Crippen LogP contribution >= 0.6 is 12.2 Å². The number of rotatable bonds is 2. The highest BCUT2D eigenvalue weighted by Crippen LogP contribution is 1.88. The fraction of sp³-hybridized carbons (Fsp3) is 0.600. The van der Waals surface area contributed by atoms with Crippen LogP contribution in [0.3, 0.4) is 0 Å². The molecule has 0 saturated heterocycles. The lowest BCUT2D eigenvalue weighted by Gasteiger charge is -1.94. The smallest absolute Gasteiger partial charge is 0.142 e. The van der Waals surface area contributed by atoms with Gasteiger partial charge >= 0.3 is 0 Å². The number of nitrogens with zero attached hydrogens (tertiary/aromatic N) is 2. The molecule has 0 aliphatic heterocycles. The second-order valence-electron chi connectivity index (χ2n) is 1.85. The molecule has 0 atom stereocenters. The number of aryl methyl sites for hydroxylation is 1. The molecule has 3 nitrogen and oxygen atoms in total. The van der Waals surface area contributed by atoms with Crippen molar-refractivity contribution >= 4 is 12.2 Å². The van der Waals surface area contributed by atoms with Gasteiger partial charge in [0.05, 0.1) is 6.20 Å². The van der Waals surface area contributed by atoms with Gasteiger partial charge in [-0.2, -0.15) is 5.10 Å². The summed E-state index contributed by atoms with van der Waals surface area (Å²) in [5, 5.41) is 6.54. The zero-order valence-electron chi connectivity index (χ0n) is 5.29. The Balaban J connectivity index is 2.81. The number of H-pyrrole nitrogens is 1. The predicted octanol–water partition coefficient (Wildman–Crippen LogP) is 1.35. The molecule has 0 saturated carbocycles. The van der Waals surface area contributed by atoms with E-state index < -0.39 is 0 Å². The van der Waals surface area contributed by atoms with Crippen molar-refractivity contribution in [1.82, 2.24) is 15.0 Å². The van der Waals surface area contributed by atoms with Gasteiger partial charge in [-0.05, 0) is 6.42 Å². The summed E-state index contributed by atoms with van der Waals surface area (Å²) in [6.45, 7) is 3.03. The Kier molecular flexibility index (Phi) is 2.00. The molecule has 1 heterocycles. The lowest BCUT2D eigenvalue weighted by Crippen LogP contribution is -1.98. The van der Waals surface area contributed by atoms with Crippen LogP contribution in [0.4, 0.5) is 0 Å². The lowest BCUT2D eigenvalue weighted by atomic mass is 10.5. The van der Waals surface area contributed by atoms with Crippen molar-refractivity contribution in [3.8, 4) is 0 Å². The highest BCUT2D eigenvalue weighted by Gasteiger charge is 1.87. The summed E-state index contributed by atoms with van der Waals surface area (Å²) in [5.41, 5.74) is 0. The van der Waals surface area contributed by atoms with E-state index in [1.807, 2.05) is 4.68 Å². The Hall–Kier alpha value is -0.640. The van der Waals surface area contributed by atoms with Gasteiger partial charge in [0.15, 0.2) is 0 Å². The van der Waals surface area contributed by atoms with Crippen LogP contribution in [-0.4, -0.2) is 15.0 Å². The first-order valence-corrected chi connectivity index (χ1v) is 3.35. The summed E-state index contributed by atoms with van der Waals surface area (Å²) < 4.78 is 2.62. The molecule has 0 amide bonds. The van der Waals surface area contributed by atoms with Crippen molar-refractivity contribution in [3.63, 3.8) is 0 Å². The van der Waals surface area contributed by atoms with E-state index >= 15 is 0 Å². The number of hydrogen-bond acceptors (Lipinski definition) is 2. The van der Waals surface area contributed by atoms with Gasteiger partial charge in [-0.1, -0.05) is 19.1 Å². The van der Waals surface area contributed by atoms with Crippen molar-refractivity contribution in [2.75, 3.05) is 0 Å². The third-order valence-corrected chi connectivity index (χ3v) is 1.39. The first-order chi connectivity index (χ1) is 4.34. The van der Waals surface area contributed by atoms with Crippen LogP contribution in [0.15, 0.2) is 6.20 Å². The summed E-state index contributed by atoms with van der Waals surface area (Å²) in [6, 6.07) is 0. The Morgan fingerprint density at radius 1 is 1.89 bits per heavy atom. The second-order valence-corrected chi connectivity index (χ2v) is 2.27. The summed E-state index contributed by atoms with van der Waals surface area (Å²) in [6.07, 6.45) is 2.72. The molecule has 1 N–H and O–H groups in total. The second kappa shape index (κ2) is 2.77. The van der Waals surface area contributed by atoms with E-state index in [2.05, 4.69) is 17.2 Å². The molecule has 0 bridgehead atoms. The van der Waals surface area contributed by atoms with Crippen LogP contribution in [0, 0.1) is 4.64 Å². The van der Waals surface area contributed by atoms with E-state index in [0.717, 1.165) is 17.6 Å². The SMILES string of the molecule is CCCn1[nH]ncc1=S. The molecule has 0 fully saturated rings. The molecule has 9 heavy (non-hydrogen) atoms. The number of hydrogen-bond donors (Lipinski definition) is 1. The highest BCUT2D eigenvalue weighted by atomic mass is 32.1. The average molecular weight is 143 g/mol. The molecule has 1 aromatic heterocycles. The zero-order valence-corrected chi connectivity index (χ0v) is 6.11. The molecule has 0 aliphatic rings. The van der Waals surface area contributed by atoms with Crippen molar-refractivity contribution in [1.29, 1.82) is 0 Å². The molecule has 0 unspecified atom stereocenters. The minimum absolute atomic E-state index is 0.775. The molecule has 4 heteroatoms. The predicted molar refractivity (Wildman–Crippen MR) is 37.7 cm³/mol. The molecular weight excluding hydrogens is 134 g/mol. The monoisotopic (exact) mass is 143 g/mol. The van der Waals surface area contributed by atoms with E-state index in [1.165, 1.54) is 0 Å². The Morgan fingerprint density at radius 3 is 3.11 bits per heavy atom. The Bertz CT molecular complexity index is 224. The largest absolute Gasteiger partial charge is 0.260 e. The average Bonchev–Trinajstić information content (AvgIpc) is 2.18. The van der Waals surface area contributed by atoms with E-state index in [1.54, 1.807) is 6.20 Å². The zero-order chi connectivity index (χ0) is 6.69. The fourth-order valence-electron chi connectivity index (χ4n) is 0.657. The van der Waals surface area contributed by atoms with E-state index in [0.29, 0.717) is 0 Å². The van der Waals surface area contributed by atoms with Gasteiger partial charge in [-0.15, -0.1) is 0 Å². The third kappa shape index (κ3) is 1.38. The number of aromatic amines is 1. The summed E-state index contributed by atoms with van der Waals surface area (Å²) in [7, 11) is 0. The molecule has 1 rings (SSSR count). The van der Waals surface area contributed by atoms with E-state index in [-0.39, 0.29) is 0 Å². The van der Waals surface area contributed by atoms with Crippen molar-refractivity contribution < 1.29 is 0 Å². The normalized spacial score (nSPS) is 9.89. The van der Waals surface area contributed by atoms with Crippen molar-refractivity contribution in [2.24, 2.45) is 0 Å². The van der Waals surface area contributed by atoms with Gasteiger partial charge in [-0.3, -0.25) is 4.68 Å². The molecule has 0 aromatic carbocycles. The maximum absolute atomic E-state index is 4.92. The van der Waals surface area contributed by atoms with Crippen LogP contribution in [0.5, 0.6) is 0 Å². The summed E-state index contributed by atoms with van der Waals surface area (Å²) in [4.78, 5) is 0. The van der Waals surface area contributed by atoms with Crippen LogP contribution in [-0.2, 0) is 6.54 Å². The molecule has 50 valence electrons. The Labute approximate surface area is 58.7 Å². The minimum Gasteiger partial charge on any atom is -0.260 e. The van der Waals surface area contributed by atoms with Crippen molar-refractivity contribution in [2.45, 2.75) is 19.9 Å². The molecular formula is C5H9N3S. The standard InChI is InChI=1S/C5H9N3S/c1-2-3-8-5(9)4-6-7-8/h4,7H,2-3H2,1H3. The first kappa shape index (κ1) is 6.48. The van der Waals surface area contributed by atoms with Gasteiger partial charge < -0.3 is 0 Å². The maximum Gasteiger partial charge on any atom is 0.142 e. The number of nitrogens with one attached hydrogen (secondary N) is 1. The van der Waals surface area contributed by atoms with Gasteiger partial charge in [0.1, 0.15) is 4.64 Å². The quantitative estimate of drug-likeness (QED) is 0.634.